The molecule has 2 bridgehead atoms. The van der Waals surface area contributed by atoms with Crippen LogP contribution < -0.4 is 0 Å². The molecule has 2 saturated carbocycles. The van der Waals surface area contributed by atoms with Crippen LogP contribution in [-0.2, 0) is 19.4 Å². The van der Waals surface area contributed by atoms with E-state index in [0.29, 0.717) is 19.3 Å². The number of Topliss-reactive ketones (excluding diaryl/α,β-unsaturated/α-hetero) is 2. The minimum absolute atomic E-state index is 0.0569. The summed E-state index contributed by atoms with van der Waals surface area (Å²) in [5.41, 5.74) is 0.938. The van der Waals surface area contributed by atoms with Crippen LogP contribution in [0.1, 0.15) is 40.0 Å². The molecule has 3 aliphatic carbocycles. The summed E-state index contributed by atoms with van der Waals surface area (Å²) in [5.74, 6) is -0.622. The van der Waals surface area contributed by atoms with Gasteiger partial charge in [0.05, 0.1) is 0 Å². The molecule has 128 valence electrons. The van der Waals surface area contributed by atoms with E-state index in [1.165, 1.54) is 0 Å². The van der Waals surface area contributed by atoms with Gasteiger partial charge in [-0.2, -0.15) is 0 Å². The third-order valence-electron chi connectivity index (χ3n) is 6.46. The summed E-state index contributed by atoms with van der Waals surface area (Å²) in [5, 5.41) is 0. The van der Waals surface area contributed by atoms with Gasteiger partial charge in [0.1, 0.15) is 11.4 Å². The Bertz CT molecular complexity index is 717. The van der Waals surface area contributed by atoms with E-state index in [1.54, 1.807) is 0 Å². The smallest absolute Gasteiger partial charge is 0.189 e. The molecule has 0 aromatic carbocycles. The van der Waals surface area contributed by atoms with Crippen molar-refractivity contribution < 1.29 is 19.4 Å². The second-order valence-electron chi connectivity index (χ2n) is 8.18. The van der Waals surface area contributed by atoms with Gasteiger partial charge in [-0.1, -0.05) is 31.2 Å². The van der Waals surface area contributed by atoms with Crippen molar-refractivity contribution in [2.45, 2.75) is 51.2 Å². The van der Waals surface area contributed by atoms with Gasteiger partial charge in [-0.3, -0.25) is 9.59 Å². The van der Waals surface area contributed by atoms with Crippen LogP contribution in [0.25, 0.3) is 0 Å². The van der Waals surface area contributed by atoms with Crippen molar-refractivity contribution in [1.82, 2.24) is 0 Å². The van der Waals surface area contributed by atoms with E-state index in [2.05, 4.69) is 13.2 Å². The molecule has 4 heteroatoms. The van der Waals surface area contributed by atoms with Crippen LogP contribution in [0, 0.1) is 23.7 Å². The van der Waals surface area contributed by atoms with Crippen molar-refractivity contribution in [3.63, 3.8) is 0 Å². The Labute approximate surface area is 142 Å². The Hall–Kier alpha value is -1.52. The molecule has 0 aromatic rings. The lowest BCUT2D eigenvalue weighted by Gasteiger charge is -2.57. The fourth-order valence-electron chi connectivity index (χ4n) is 5.47. The third-order valence-corrected chi connectivity index (χ3v) is 6.46. The molecule has 0 amide bonds. The maximum Gasteiger partial charge on any atom is 0.189 e. The molecular formula is C20H24O4. The fourth-order valence-corrected chi connectivity index (χ4v) is 5.47. The third kappa shape index (κ3) is 1.71. The second-order valence-corrected chi connectivity index (χ2v) is 8.18. The first kappa shape index (κ1) is 16.0. The van der Waals surface area contributed by atoms with Crippen LogP contribution in [0.15, 0.2) is 36.0 Å². The monoisotopic (exact) mass is 328 g/mol. The Morgan fingerprint density at radius 2 is 2.00 bits per heavy atom. The van der Waals surface area contributed by atoms with Gasteiger partial charge in [0.15, 0.2) is 11.4 Å². The first-order chi connectivity index (χ1) is 11.2. The van der Waals surface area contributed by atoms with Gasteiger partial charge >= 0.3 is 0 Å². The van der Waals surface area contributed by atoms with E-state index >= 15 is 0 Å². The number of fused-ring (bicyclic) bond motifs is 1. The van der Waals surface area contributed by atoms with E-state index in [0.717, 1.165) is 16.7 Å². The lowest BCUT2D eigenvalue weighted by molar-refractivity contribution is -0.441. The number of ketones is 2. The average molecular weight is 328 g/mol. The summed E-state index contributed by atoms with van der Waals surface area (Å²) in [6, 6.07) is 0. The summed E-state index contributed by atoms with van der Waals surface area (Å²) < 4.78 is 0. The lowest BCUT2D eigenvalue weighted by atomic mass is 9.56. The van der Waals surface area contributed by atoms with Gasteiger partial charge in [0, 0.05) is 30.1 Å². The molecule has 24 heavy (non-hydrogen) atoms. The van der Waals surface area contributed by atoms with E-state index < -0.39 is 11.2 Å². The standard InChI is InChI=1S/C20H24O4/c1-10(2)15-14(21)7-6-11(3)16-17(15)19(5)9-13-8-12(4)18(22)20(13,16)24-23-19/h9,12,15-17H,1,3,6-8H2,2,4-5H3/t12-,15-,16-,17+,19+,20-/m0/s1. The number of hydrogen-bond acceptors (Lipinski definition) is 4. The Morgan fingerprint density at radius 1 is 1.29 bits per heavy atom. The lowest BCUT2D eigenvalue weighted by Crippen LogP contribution is -2.66. The summed E-state index contributed by atoms with van der Waals surface area (Å²) in [6.45, 7) is 14.1. The highest BCUT2D eigenvalue weighted by Gasteiger charge is 2.71. The maximum absolute atomic E-state index is 13.1. The highest BCUT2D eigenvalue weighted by molar-refractivity contribution is 5.98. The van der Waals surface area contributed by atoms with E-state index in [1.807, 2.05) is 26.8 Å². The largest absolute Gasteiger partial charge is 0.299 e. The predicted molar refractivity (Wildman–Crippen MR) is 88.8 cm³/mol. The Morgan fingerprint density at radius 3 is 2.67 bits per heavy atom. The van der Waals surface area contributed by atoms with Gasteiger partial charge in [-0.15, -0.1) is 0 Å². The van der Waals surface area contributed by atoms with Crippen molar-refractivity contribution in [3.05, 3.63) is 36.0 Å². The van der Waals surface area contributed by atoms with Crippen molar-refractivity contribution >= 4 is 11.6 Å². The summed E-state index contributed by atoms with van der Waals surface area (Å²) in [6.07, 6.45) is 3.77. The molecule has 5 rings (SSSR count). The number of carbonyl (C=O) groups excluding carboxylic acids is 2. The molecular weight excluding hydrogens is 304 g/mol. The first-order valence-electron chi connectivity index (χ1n) is 8.71. The summed E-state index contributed by atoms with van der Waals surface area (Å²) in [7, 11) is 0. The average Bonchev–Trinajstić information content (AvgIpc) is 2.65. The SMILES string of the molecule is C=C(C)[C@H]1C(=O)CCC(=C)[C@H]2[C@@H]1[C@@]1(C)C=C3C[C@H](C)C(=O)[C@]32OO1. The van der Waals surface area contributed by atoms with Gasteiger partial charge in [-0.25, -0.2) is 9.78 Å². The fraction of sp³-hybridized carbons (Fsp3) is 0.600. The molecule has 3 fully saturated rings. The molecule has 1 spiro atoms. The van der Waals surface area contributed by atoms with Crippen molar-refractivity contribution in [1.29, 1.82) is 0 Å². The van der Waals surface area contributed by atoms with Crippen LogP contribution >= 0.6 is 0 Å². The van der Waals surface area contributed by atoms with Crippen molar-refractivity contribution in [2.75, 3.05) is 0 Å². The Balaban J connectivity index is 1.98. The molecule has 2 aliphatic heterocycles. The van der Waals surface area contributed by atoms with Crippen LogP contribution in [0.5, 0.6) is 0 Å². The number of hydrogen-bond donors (Lipinski definition) is 0. The summed E-state index contributed by atoms with van der Waals surface area (Å²) >= 11 is 0. The van der Waals surface area contributed by atoms with Gasteiger partial charge in [0.2, 0.25) is 0 Å². The minimum Gasteiger partial charge on any atom is -0.299 e. The van der Waals surface area contributed by atoms with Crippen LogP contribution in [0.4, 0.5) is 0 Å². The molecule has 2 heterocycles. The molecule has 0 aromatic heterocycles. The summed E-state index contributed by atoms with van der Waals surface area (Å²) in [4.78, 5) is 37.5. The van der Waals surface area contributed by atoms with Crippen LogP contribution in [0.3, 0.4) is 0 Å². The highest BCUT2D eigenvalue weighted by atomic mass is 17.2. The number of rotatable bonds is 1. The number of carbonyl (C=O) groups is 2. The zero-order valence-corrected chi connectivity index (χ0v) is 14.6. The maximum atomic E-state index is 13.1. The normalized spacial score (nSPS) is 47.1. The molecule has 0 unspecified atom stereocenters. The molecule has 0 radical (unpaired) electrons. The predicted octanol–water partition coefficient (Wildman–Crippen LogP) is 3.34. The quantitative estimate of drug-likeness (QED) is 0.547. The zero-order valence-electron chi connectivity index (χ0n) is 14.6. The van der Waals surface area contributed by atoms with E-state index in [9.17, 15) is 9.59 Å². The molecule has 6 atom stereocenters. The van der Waals surface area contributed by atoms with Crippen molar-refractivity contribution in [3.8, 4) is 0 Å². The topological polar surface area (TPSA) is 52.6 Å². The number of allylic oxidation sites excluding steroid dienone is 1. The first-order valence-corrected chi connectivity index (χ1v) is 8.71. The van der Waals surface area contributed by atoms with Crippen LogP contribution in [-0.4, -0.2) is 22.8 Å². The van der Waals surface area contributed by atoms with E-state index in [4.69, 9.17) is 9.78 Å². The van der Waals surface area contributed by atoms with Gasteiger partial charge < -0.3 is 0 Å². The molecule has 1 saturated heterocycles. The van der Waals surface area contributed by atoms with Gasteiger partial charge in [0.25, 0.3) is 0 Å². The molecule has 0 N–H and O–H groups in total. The second kappa shape index (κ2) is 4.77. The molecule has 5 aliphatic rings. The highest BCUT2D eigenvalue weighted by Crippen LogP contribution is 2.63. The van der Waals surface area contributed by atoms with Gasteiger partial charge in [-0.05, 0) is 38.3 Å². The molecule has 4 nitrogen and oxygen atoms in total. The van der Waals surface area contributed by atoms with Crippen molar-refractivity contribution in [2.24, 2.45) is 23.7 Å². The zero-order chi connectivity index (χ0) is 17.4. The Kier molecular flexibility index (Phi) is 3.17. The minimum atomic E-state index is -1.09. The van der Waals surface area contributed by atoms with E-state index in [-0.39, 0.29) is 35.2 Å². The van der Waals surface area contributed by atoms with Crippen LogP contribution in [0.2, 0.25) is 0 Å².